The SMILES string of the molecule is Clc1cc(Cl)c(OCCC2CCCCN2)c(Cl)c1. The summed E-state index contributed by atoms with van der Waals surface area (Å²) in [5.41, 5.74) is 0. The van der Waals surface area contributed by atoms with Gasteiger partial charge in [0.15, 0.2) is 5.75 Å². The molecule has 1 aliphatic rings. The third-order valence-corrected chi connectivity index (χ3v) is 3.87. The highest BCUT2D eigenvalue weighted by atomic mass is 35.5. The molecule has 1 unspecified atom stereocenters. The summed E-state index contributed by atoms with van der Waals surface area (Å²) in [5, 5.41) is 4.92. The molecule has 18 heavy (non-hydrogen) atoms. The molecule has 0 aromatic heterocycles. The fourth-order valence-electron chi connectivity index (χ4n) is 2.14. The number of halogens is 3. The zero-order valence-electron chi connectivity index (χ0n) is 10.0. The summed E-state index contributed by atoms with van der Waals surface area (Å²) in [4.78, 5) is 0. The van der Waals surface area contributed by atoms with Crippen molar-refractivity contribution in [1.82, 2.24) is 5.32 Å². The first-order valence-corrected chi connectivity index (χ1v) is 7.31. The van der Waals surface area contributed by atoms with Gasteiger partial charge in [0.05, 0.1) is 16.7 Å². The van der Waals surface area contributed by atoms with Gasteiger partial charge in [0.25, 0.3) is 0 Å². The van der Waals surface area contributed by atoms with Gasteiger partial charge in [-0.05, 0) is 37.9 Å². The maximum Gasteiger partial charge on any atom is 0.156 e. The molecule has 1 aromatic carbocycles. The largest absolute Gasteiger partial charge is 0.490 e. The summed E-state index contributed by atoms with van der Waals surface area (Å²) in [6, 6.07) is 3.83. The van der Waals surface area contributed by atoms with Crippen LogP contribution in [0, 0.1) is 0 Å². The lowest BCUT2D eigenvalue weighted by Crippen LogP contribution is -2.35. The fraction of sp³-hybridized carbons (Fsp3) is 0.538. The van der Waals surface area contributed by atoms with E-state index in [0.717, 1.165) is 13.0 Å². The summed E-state index contributed by atoms with van der Waals surface area (Å²) in [7, 11) is 0. The van der Waals surface area contributed by atoms with Crippen LogP contribution < -0.4 is 10.1 Å². The van der Waals surface area contributed by atoms with E-state index in [1.807, 2.05) is 0 Å². The van der Waals surface area contributed by atoms with Crippen LogP contribution in [0.1, 0.15) is 25.7 Å². The molecule has 2 nitrogen and oxygen atoms in total. The Morgan fingerprint density at radius 3 is 2.50 bits per heavy atom. The molecule has 1 saturated heterocycles. The Hall–Kier alpha value is -0.150. The van der Waals surface area contributed by atoms with E-state index in [1.54, 1.807) is 12.1 Å². The van der Waals surface area contributed by atoms with Gasteiger partial charge in [0, 0.05) is 11.1 Å². The van der Waals surface area contributed by atoms with Crippen molar-refractivity contribution in [2.24, 2.45) is 0 Å². The van der Waals surface area contributed by atoms with Gasteiger partial charge in [0.1, 0.15) is 0 Å². The Labute approximate surface area is 123 Å². The number of hydrogen-bond acceptors (Lipinski definition) is 2. The van der Waals surface area contributed by atoms with Crippen molar-refractivity contribution in [2.75, 3.05) is 13.2 Å². The minimum atomic E-state index is 0.462. The molecule has 1 N–H and O–H groups in total. The Balaban J connectivity index is 1.86. The van der Waals surface area contributed by atoms with Crippen molar-refractivity contribution in [1.29, 1.82) is 0 Å². The average molecular weight is 309 g/mol. The number of hydrogen-bond donors (Lipinski definition) is 1. The molecule has 0 spiro atoms. The molecular weight excluding hydrogens is 293 g/mol. The van der Waals surface area contributed by atoms with Gasteiger partial charge in [-0.15, -0.1) is 0 Å². The van der Waals surface area contributed by atoms with Gasteiger partial charge in [0.2, 0.25) is 0 Å². The Bertz CT molecular complexity index is 382. The van der Waals surface area contributed by atoms with Crippen molar-refractivity contribution in [3.63, 3.8) is 0 Å². The van der Waals surface area contributed by atoms with Gasteiger partial charge in [-0.25, -0.2) is 0 Å². The normalized spacial score (nSPS) is 19.8. The first-order chi connectivity index (χ1) is 8.66. The molecule has 0 bridgehead atoms. The highest BCUT2D eigenvalue weighted by Crippen LogP contribution is 2.35. The van der Waals surface area contributed by atoms with E-state index >= 15 is 0 Å². The molecule has 0 saturated carbocycles. The maximum absolute atomic E-state index is 6.05. The van der Waals surface area contributed by atoms with Crippen LogP contribution in [0.4, 0.5) is 0 Å². The van der Waals surface area contributed by atoms with Crippen molar-refractivity contribution in [3.8, 4) is 5.75 Å². The van der Waals surface area contributed by atoms with Crippen LogP contribution in [0.5, 0.6) is 5.75 Å². The van der Waals surface area contributed by atoms with E-state index in [0.29, 0.717) is 33.5 Å². The van der Waals surface area contributed by atoms with Crippen LogP contribution in [0.3, 0.4) is 0 Å². The summed E-state index contributed by atoms with van der Waals surface area (Å²) in [6.07, 6.45) is 4.74. The predicted octanol–water partition coefficient (Wildman–Crippen LogP) is 4.56. The van der Waals surface area contributed by atoms with E-state index in [-0.39, 0.29) is 0 Å². The fourth-order valence-corrected chi connectivity index (χ4v) is 3.07. The quantitative estimate of drug-likeness (QED) is 0.880. The minimum Gasteiger partial charge on any atom is -0.490 e. The standard InChI is InChI=1S/C13H16Cl3NO/c14-9-7-11(15)13(12(16)8-9)18-6-4-10-3-1-2-5-17-10/h7-8,10,17H,1-6H2. The van der Waals surface area contributed by atoms with Crippen molar-refractivity contribution < 1.29 is 4.74 Å². The zero-order valence-corrected chi connectivity index (χ0v) is 12.3. The molecule has 1 aromatic rings. The second-order valence-corrected chi connectivity index (χ2v) is 5.73. The average Bonchev–Trinajstić information content (AvgIpc) is 2.34. The lowest BCUT2D eigenvalue weighted by molar-refractivity contribution is 0.268. The van der Waals surface area contributed by atoms with Crippen molar-refractivity contribution >= 4 is 34.8 Å². The molecule has 1 atom stereocenters. The highest BCUT2D eigenvalue weighted by Gasteiger charge is 2.14. The topological polar surface area (TPSA) is 21.3 Å². The molecule has 5 heteroatoms. The molecule has 1 aliphatic heterocycles. The summed E-state index contributed by atoms with van der Waals surface area (Å²) < 4.78 is 5.66. The summed E-state index contributed by atoms with van der Waals surface area (Å²) in [6.45, 7) is 1.71. The van der Waals surface area contributed by atoms with Crippen molar-refractivity contribution in [2.45, 2.75) is 31.7 Å². The minimum absolute atomic E-state index is 0.462. The molecule has 0 radical (unpaired) electrons. The van der Waals surface area contributed by atoms with Gasteiger partial charge >= 0.3 is 0 Å². The molecule has 0 aliphatic carbocycles. The Morgan fingerprint density at radius 1 is 1.17 bits per heavy atom. The summed E-state index contributed by atoms with van der Waals surface area (Å²) >= 11 is 17.9. The van der Waals surface area contributed by atoms with Crippen LogP contribution in [0.25, 0.3) is 0 Å². The van der Waals surface area contributed by atoms with Gasteiger partial charge in [-0.3, -0.25) is 0 Å². The summed E-state index contributed by atoms with van der Waals surface area (Å²) in [5.74, 6) is 0.526. The highest BCUT2D eigenvalue weighted by molar-refractivity contribution is 6.40. The second-order valence-electron chi connectivity index (χ2n) is 4.48. The number of benzene rings is 1. The lowest BCUT2D eigenvalue weighted by atomic mass is 10.0. The number of nitrogens with one attached hydrogen (secondary N) is 1. The van der Waals surface area contributed by atoms with Crippen LogP contribution in [-0.4, -0.2) is 19.2 Å². The van der Waals surface area contributed by atoms with E-state index in [9.17, 15) is 0 Å². The molecular formula is C13H16Cl3NO. The van der Waals surface area contributed by atoms with E-state index in [4.69, 9.17) is 39.5 Å². The van der Waals surface area contributed by atoms with Crippen LogP contribution >= 0.6 is 34.8 Å². The molecule has 0 amide bonds. The number of rotatable bonds is 4. The smallest absolute Gasteiger partial charge is 0.156 e. The Kier molecular flexibility index (Phi) is 5.43. The third kappa shape index (κ3) is 3.92. The van der Waals surface area contributed by atoms with Gasteiger partial charge < -0.3 is 10.1 Å². The van der Waals surface area contributed by atoms with Crippen LogP contribution in [0.15, 0.2) is 12.1 Å². The van der Waals surface area contributed by atoms with Crippen LogP contribution in [-0.2, 0) is 0 Å². The van der Waals surface area contributed by atoms with E-state index < -0.39 is 0 Å². The molecule has 1 heterocycles. The first-order valence-electron chi connectivity index (χ1n) is 6.17. The molecule has 1 fully saturated rings. The van der Waals surface area contributed by atoms with E-state index in [1.165, 1.54) is 19.3 Å². The van der Waals surface area contributed by atoms with Crippen LogP contribution in [0.2, 0.25) is 15.1 Å². The predicted molar refractivity (Wildman–Crippen MR) is 77.2 cm³/mol. The number of piperidine rings is 1. The second kappa shape index (κ2) is 6.85. The lowest BCUT2D eigenvalue weighted by Gasteiger charge is -2.23. The van der Waals surface area contributed by atoms with Crippen molar-refractivity contribution in [3.05, 3.63) is 27.2 Å². The zero-order chi connectivity index (χ0) is 13.0. The number of ether oxygens (including phenoxy) is 1. The maximum atomic E-state index is 6.05. The van der Waals surface area contributed by atoms with Gasteiger partial charge in [-0.2, -0.15) is 0 Å². The van der Waals surface area contributed by atoms with Gasteiger partial charge in [-0.1, -0.05) is 41.2 Å². The Morgan fingerprint density at radius 2 is 1.89 bits per heavy atom. The molecule has 2 rings (SSSR count). The third-order valence-electron chi connectivity index (χ3n) is 3.09. The first kappa shape index (κ1) is 14.3. The monoisotopic (exact) mass is 307 g/mol. The van der Waals surface area contributed by atoms with E-state index in [2.05, 4.69) is 5.32 Å². The molecule has 100 valence electrons.